The second-order valence-corrected chi connectivity index (χ2v) is 5.89. The van der Waals surface area contributed by atoms with E-state index in [0.29, 0.717) is 25.7 Å². The maximum absolute atomic E-state index is 6.03. The molecule has 0 N–H and O–H groups in total. The van der Waals surface area contributed by atoms with Crippen LogP contribution in [0.2, 0.25) is 0 Å². The van der Waals surface area contributed by atoms with Crippen molar-refractivity contribution in [2.75, 3.05) is 19.8 Å². The molecule has 0 aromatic rings. The molecule has 0 fully saturated rings. The number of hydrogen-bond acceptors (Lipinski definition) is 3. The van der Waals surface area contributed by atoms with Crippen LogP contribution in [0.25, 0.3) is 0 Å². The van der Waals surface area contributed by atoms with E-state index < -0.39 is 5.97 Å². The molecule has 0 saturated carbocycles. The van der Waals surface area contributed by atoms with Crippen molar-refractivity contribution in [3.8, 4) is 0 Å². The molecule has 0 unspecified atom stereocenters. The molecule has 3 nitrogen and oxygen atoms in total. The van der Waals surface area contributed by atoms with Crippen molar-refractivity contribution in [3.63, 3.8) is 0 Å². The van der Waals surface area contributed by atoms with Crippen LogP contribution in [0.3, 0.4) is 0 Å². The molecule has 20 heavy (non-hydrogen) atoms. The first-order valence-electron chi connectivity index (χ1n) is 8.52. The molecule has 0 aromatic heterocycles. The second-order valence-electron chi connectivity index (χ2n) is 5.89. The van der Waals surface area contributed by atoms with Gasteiger partial charge in [0.25, 0.3) is 5.97 Å². The minimum absolute atomic E-state index is 0.486. The summed E-state index contributed by atoms with van der Waals surface area (Å²) < 4.78 is 18.1. The molecule has 0 heterocycles. The van der Waals surface area contributed by atoms with Gasteiger partial charge in [0.05, 0.1) is 19.8 Å². The van der Waals surface area contributed by atoms with Gasteiger partial charge in [-0.3, -0.25) is 0 Å². The van der Waals surface area contributed by atoms with Crippen LogP contribution in [-0.4, -0.2) is 25.8 Å². The minimum Gasteiger partial charge on any atom is -0.327 e. The Morgan fingerprint density at radius 3 is 1.30 bits per heavy atom. The lowest BCUT2D eigenvalue weighted by Gasteiger charge is -2.35. The van der Waals surface area contributed by atoms with Gasteiger partial charge in [0.15, 0.2) is 0 Å². The molecule has 0 aliphatic carbocycles. The molecule has 3 heteroatoms. The van der Waals surface area contributed by atoms with Gasteiger partial charge in [-0.25, -0.2) is 0 Å². The van der Waals surface area contributed by atoms with Crippen molar-refractivity contribution in [1.29, 1.82) is 0 Å². The number of ether oxygens (including phenoxy) is 3. The summed E-state index contributed by atoms with van der Waals surface area (Å²) in [5, 5.41) is 0. The molecule has 0 bridgehead atoms. The fraction of sp³-hybridized carbons (Fsp3) is 1.00. The summed E-state index contributed by atoms with van der Waals surface area (Å²) in [6.07, 6.45) is 7.32. The van der Waals surface area contributed by atoms with E-state index in [1.165, 1.54) is 0 Å². The topological polar surface area (TPSA) is 27.7 Å². The first-order valence-corrected chi connectivity index (χ1v) is 8.52. The highest BCUT2D eigenvalue weighted by atomic mass is 16.9. The van der Waals surface area contributed by atoms with E-state index in [1.54, 1.807) is 0 Å². The van der Waals surface area contributed by atoms with Crippen molar-refractivity contribution in [2.24, 2.45) is 5.92 Å². The lowest BCUT2D eigenvalue weighted by atomic mass is 10.1. The SMILES string of the molecule is CCCCOC(CC(C)C)(OCCCC)OCCCC. The average molecular weight is 288 g/mol. The second kappa shape index (κ2) is 12.6. The molecular weight excluding hydrogens is 252 g/mol. The highest BCUT2D eigenvalue weighted by Crippen LogP contribution is 2.26. The van der Waals surface area contributed by atoms with Gasteiger partial charge in [-0.2, -0.15) is 0 Å². The Labute approximate surface area is 126 Å². The van der Waals surface area contributed by atoms with Crippen molar-refractivity contribution in [1.82, 2.24) is 0 Å². The first kappa shape index (κ1) is 19.9. The van der Waals surface area contributed by atoms with Gasteiger partial charge in [0.2, 0.25) is 0 Å². The predicted molar refractivity (Wildman–Crippen MR) is 84.8 cm³/mol. The maximum Gasteiger partial charge on any atom is 0.283 e. The first-order chi connectivity index (χ1) is 9.60. The Hall–Kier alpha value is -0.120. The van der Waals surface area contributed by atoms with E-state index in [0.717, 1.165) is 44.9 Å². The van der Waals surface area contributed by atoms with Gasteiger partial charge in [-0.1, -0.05) is 53.9 Å². The molecular formula is C17H36O3. The van der Waals surface area contributed by atoms with Crippen molar-refractivity contribution >= 4 is 0 Å². The van der Waals surface area contributed by atoms with Crippen LogP contribution >= 0.6 is 0 Å². The Morgan fingerprint density at radius 1 is 0.700 bits per heavy atom. The van der Waals surface area contributed by atoms with Gasteiger partial charge < -0.3 is 14.2 Å². The molecule has 0 aliphatic rings. The van der Waals surface area contributed by atoms with Crippen LogP contribution < -0.4 is 0 Å². The maximum atomic E-state index is 6.03. The summed E-state index contributed by atoms with van der Waals surface area (Å²) in [5.41, 5.74) is 0. The van der Waals surface area contributed by atoms with E-state index in [1.807, 2.05) is 0 Å². The molecule has 122 valence electrons. The third-order valence-corrected chi connectivity index (χ3v) is 3.12. The summed E-state index contributed by atoms with van der Waals surface area (Å²) in [6, 6.07) is 0. The highest BCUT2D eigenvalue weighted by molar-refractivity contribution is 4.62. The molecule has 0 rings (SSSR count). The third-order valence-electron chi connectivity index (χ3n) is 3.12. The van der Waals surface area contributed by atoms with Crippen LogP contribution in [0, 0.1) is 5.92 Å². The van der Waals surface area contributed by atoms with Gasteiger partial charge in [-0.05, 0) is 25.2 Å². The smallest absolute Gasteiger partial charge is 0.283 e. The summed E-state index contributed by atoms with van der Waals surface area (Å²) in [4.78, 5) is 0. The zero-order valence-electron chi connectivity index (χ0n) is 14.4. The van der Waals surface area contributed by atoms with E-state index >= 15 is 0 Å². The Morgan fingerprint density at radius 2 is 1.05 bits per heavy atom. The van der Waals surface area contributed by atoms with Crippen LogP contribution in [0.5, 0.6) is 0 Å². The van der Waals surface area contributed by atoms with Crippen LogP contribution in [-0.2, 0) is 14.2 Å². The van der Waals surface area contributed by atoms with Crippen molar-refractivity contribution in [2.45, 2.75) is 85.5 Å². The molecule has 0 atom stereocenters. The Balaban J connectivity index is 4.57. The van der Waals surface area contributed by atoms with Crippen LogP contribution in [0.1, 0.15) is 79.6 Å². The Bertz CT molecular complexity index is 178. The van der Waals surface area contributed by atoms with E-state index in [4.69, 9.17) is 14.2 Å². The molecule has 0 aliphatic heterocycles. The van der Waals surface area contributed by atoms with E-state index in [2.05, 4.69) is 34.6 Å². The fourth-order valence-electron chi connectivity index (χ4n) is 1.92. The molecule has 0 amide bonds. The lowest BCUT2D eigenvalue weighted by Crippen LogP contribution is -2.41. The zero-order chi connectivity index (χ0) is 15.3. The number of unbranched alkanes of at least 4 members (excludes halogenated alkanes) is 3. The van der Waals surface area contributed by atoms with E-state index in [9.17, 15) is 0 Å². The van der Waals surface area contributed by atoms with Crippen molar-refractivity contribution in [3.05, 3.63) is 0 Å². The molecule has 0 aromatic carbocycles. The van der Waals surface area contributed by atoms with Crippen LogP contribution in [0.4, 0.5) is 0 Å². The standard InChI is InChI=1S/C17H36O3/c1-6-9-12-18-17(15-16(4)5,19-13-10-7-2)20-14-11-8-3/h16H,6-15H2,1-5H3. The van der Waals surface area contributed by atoms with Gasteiger partial charge in [-0.15, -0.1) is 0 Å². The summed E-state index contributed by atoms with van der Waals surface area (Å²) in [5.74, 6) is -0.340. The minimum atomic E-state index is -0.826. The van der Waals surface area contributed by atoms with Crippen LogP contribution in [0.15, 0.2) is 0 Å². The summed E-state index contributed by atoms with van der Waals surface area (Å²) in [7, 11) is 0. The Kier molecular flexibility index (Phi) is 12.5. The van der Waals surface area contributed by atoms with Crippen molar-refractivity contribution < 1.29 is 14.2 Å². The van der Waals surface area contributed by atoms with Gasteiger partial charge in [0.1, 0.15) is 0 Å². The largest absolute Gasteiger partial charge is 0.327 e. The van der Waals surface area contributed by atoms with E-state index in [-0.39, 0.29) is 0 Å². The lowest BCUT2D eigenvalue weighted by molar-refractivity contribution is -0.387. The molecule has 0 saturated heterocycles. The van der Waals surface area contributed by atoms with Gasteiger partial charge in [0, 0.05) is 6.42 Å². The quantitative estimate of drug-likeness (QED) is 0.327. The molecule has 0 spiro atoms. The van der Waals surface area contributed by atoms with Gasteiger partial charge >= 0.3 is 0 Å². The summed E-state index contributed by atoms with van der Waals surface area (Å²) >= 11 is 0. The highest BCUT2D eigenvalue weighted by Gasteiger charge is 2.34. The predicted octanol–water partition coefficient (Wildman–Crippen LogP) is 5.14. The third kappa shape index (κ3) is 9.73. The fourth-order valence-corrected chi connectivity index (χ4v) is 1.92. The number of rotatable bonds is 14. The number of hydrogen-bond donors (Lipinski definition) is 0. The normalized spacial score (nSPS) is 12.3. The zero-order valence-corrected chi connectivity index (χ0v) is 14.4. The summed E-state index contributed by atoms with van der Waals surface area (Å²) in [6.45, 7) is 13.0. The monoisotopic (exact) mass is 288 g/mol. The average Bonchev–Trinajstić information content (AvgIpc) is 2.39. The molecule has 0 radical (unpaired) electrons.